The van der Waals surface area contributed by atoms with Crippen LogP contribution in [-0.2, 0) is 7.05 Å². The number of hydrogen-bond acceptors (Lipinski definition) is 3. The lowest BCUT2D eigenvalue weighted by Crippen LogP contribution is -1.90. The van der Waals surface area contributed by atoms with Crippen LogP contribution in [0.15, 0.2) is 23.6 Å². The fraction of sp³-hybridized carbons (Fsp3) is 0.250. The van der Waals surface area contributed by atoms with Gasteiger partial charge in [-0.1, -0.05) is 13.2 Å². The van der Waals surface area contributed by atoms with E-state index in [2.05, 4.69) is 13.2 Å². The maximum absolute atomic E-state index is 10.2. The Bertz CT molecular complexity index is 717. The van der Waals surface area contributed by atoms with Crippen LogP contribution >= 0.6 is 0 Å². The summed E-state index contributed by atoms with van der Waals surface area (Å²) in [6.45, 7) is 13.4. The summed E-state index contributed by atoms with van der Waals surface area (Å²) in [5.41, 5.74) is 3.07. The molecule has 4 nitrogen and oxygen atoms in total. The van der Waals surface area contributed by atoms with Crippen molar-refractivity contribution in [3.05, 3.63) is 47.4 Å². The molecule has 0 saturated carbocycles. The SMILES string of the molecule is C=C(C)c1c(C(=C)c2cc(C)oc2C)c(O)n(C)c1O. The van der Waals surface area contributed by atoms with Crippen LogP contribution in [0.1, 0.15) is 35.1 Å². The molecule has 0 spiro atoms. The number of rotatable bonds is 3. The molecule has 0 saturated heterocycles. The maximum atomic E-state index is 10.2. The Balaban J connectivity index is 2.70. The van der Waals surface area contributed by atoms with Crippen molar-refractivity contribution < 1.29 is 14.6 Å². The van der Waals surface area contributed by atoms with Crippen molar-refractivity contribution in [1.29, 1.82) is 0 Å². The number of furan rings is 1. The molecular weight excluding hydrogens is 254 g/mol. The van der Waals surface area contributed by atoms with Crippen LogP contribution in [0.4, 0.5) is 0 Å². The highest BCUT2D eigenvalue weighted by Gasteiger charge is 2.25. The van der Waals surface area contributed by atoms with Gasteiger partial charge in [0.25, 0.3) is 0 Å². The van der Waals surface area contributed by atoms with Gasteiger partial charge in [0.05, 0.1) is 11.1 Å². The van der Waals surface area contributed by atoms with E-state index in [1.54, 1.807) is 14.0 Å². The maximum Gasteiger partial charge on any atom is 0.202 e. The van der Waals surface area contributed by atoms with Gasteiger partial charge in [-0.3, -0.25) is 4.57 Å². The van der Waals surface area contributed by atoms with E-state index in [-0.39, 0.29) is 11.8 Å². The number of aryl methyl sites for hydroxylation is 2. The quantitative estimate of drug-likeness (QED) is 0.895. The summed E-state index contributed by atoms with van der Waals surface area (Å²) in [5, 5.41) is 20.4. The summed E-state index contributed by atoms with van der Waals surface area (Å²) < 4.78 is 6.81. The molecule has 0 amide bonds. The highest BCUT2D eigenvalue weighted by molar-refractivity contribution is 5.90. The minimum atomic E-state index is -0.0382. The second-order valence-electron chi connectivity index (χ2n) is 5.04. The fourth-order valence-electron chi connectivity index (χ4n) is 2.41. The topological polar surface area (TPSA) is 58.5 Å². The van der Waals surface area contributed by atoms with Crippen LogP contribution in [0.3, 0.4) is 0 Å². The average molecular weight is 273 g/mol. The van der Waals surface area contributed by atoms with Crippen molar-refractivity contribution in [3.63, 3.8) is 0 Å². The first-order valence-electron chi connectivity index (χ1n) is 6.28. The van der Waals surface area contributed by atoms with E-state index in [1.807, 2.05) is 19.9 Å². The van der Waals surface area contributed by atoms with Crippen LogP contribution in [0.5, 0.6) is 11.8 Å². The summed E-state index contributed by atoms with van der Waals surface area (Å²) in [6, 6.07) is 1.86. The molecule has 2 N–H and O–H groups in total. The largest absolute Gasteiger partial charge is 0.494 e. The molecule has 0 atom stereocenters. The van der Waals surface area contributed by atoms with E-state index in [0.717, 1.165) is 17.1 Å². The lowest BCUT2D eigenvalue weighted by Gasteiger charge is -2.07. The van der Waals surface area contributed by atoms with E-state index in [1.165, 1.54) is 4.57 Å². The monoisotopic (exact) mass is 273 g/mol. The Hall–Kier alpha value is -2.36. The predicted octanol–water partition coefficient (Wildman–Crippen LogP) is 3.74. The molecule has 0 unspecified atom stereocenters. The molecule has 2 aromatic heterocycles. The normalized spacial score (nSPS) is 10.8. The second-order valence-corrected chi connectivity index (χ2v) is 5.04. The van der Waals surface area contributed by atoms with E-state index in [0.29, 0.717) is 22.3 Å². The first kappa shape index (κ1) is 14.1. The summed E-state index contributed by atoms with van der Waals surface area (Å²) >= 11 is 0. The lowest BCUT2D eigenvalue weighted by atomic mass is 9.95. The third-order valence-electron chi connectivity index (χ3n) is 3.43. The van der Waals surface area contributed by atoms with Gasteiger partial charge in [-0.25, -0.2) is 0 Å². The Kier molecular flexibility index (Phi) is 3.26. The Morgan fingerprint density at radius 2 is 1.70 bits per heavy atom. The van der Waals surface area contributed by atoms with Gasteiger partial charge in [0.2, 0.25) is 11.8 Å². The fourth-order valence-corrected chi connectivity index (χ4v) is 2.41. The number of allylic oxidation sites excluding steroid dienone is 1. The van der Waals surface area contributed by atoms with Gasteiger partial charge in [-0.2, -0.15) is 0 Å². The van der Waals surface area contributed by atoms with Gasteiger partial charge >= 0.3 is 0 Å². The molecule has 0 radical (unpaired) electrons. The van der Waals surface area contributed by atoms with Gasteiger partial charge in [0.1, 0.15) is 11.5 Å². The molecule has 0 bridgehead atoms. The molecule has 0 aromatic carbocycles. The van der Waals surface area contributed by atoms with E-state index >= 15 is 0 Å². The molecular formula is C16H19NO3. The zero-order valence-electron chi connectivity index (χ0n) is 12.2. The average Bonchev–Trinajstić information content (AvgIpc) is 2.80. The van der Waals surface area contributed by atoms with Crippen LogP contribution in [0, 0.1) is 13.8 Å². The molecule has 0 aliphatic carbocycles. The van der Waals surface area contributed by atoms with Crippen molar-refractivity contribution in [2.45, 2.75) is 20.8 Å². The van der Waals surface area contributed by atoms with Crippen molar-refractivity contribution in [2.24, 2.45) is 7.05 Å². The molecule has 20 heavy (non-hydrogen) atoms. The smallest absolute Gasteiger partial charge is 0.202 e. The van der Waals surface area contributed by atoms with Crippen LogP contribution < -0.4 is 0 Å². The molecule has 4 heteroatoms. The predicted molar refractivity (Wildman–Crippen MR) is 79.8 cm³/mol. The Labute approximate surface area is 118 Å². The zero-order valence-corrected chi connectivity index (χ0v) is 12.2. The molecule has 2 heterocycles. The van der Waals surface area contributed by atoms with Gasteiger partial charge < -0.3 is 14.6 Å². The van der Waals surface area contributed by atoms with E-state index < -0.39 is 0 Å². The minimum Gasteiger partial charge on any atom is -0.494 e. The number of nitrogens with zero attached hydrogens (tertiary/aromatic N) is 1. The molecule has 2 aromatic rings. The van der Waals surface area contributed by atoms with Gasteiger partial charge in [-0.15, -0.1) is 0 Å². The van der Waals surface area contributed by atoms with Crippen molar-refractivity contribution in [2.75, 3.05) is 0 Å². The summed E-state index contributed by atoms with van der Waals surface area (Å²) in [7, 11) is 1.58. The highest BCUT2D eigenvalue weighted by Crippen LogP contribution is 2.43. The number of aromatic hydroxyl groups is 2. The minimum absolute atomic E-state index is 0.0241. The number of aromatic nitrogens is 1. The molecule has 0 aliphatic rings. The third-order valence-corrected chi connectivity index (χ3v) is 3.43. The first-order chi connectivity index (χ1) is 9.25. The summed E-state index contributed by atoms with van der Waals surface area (Å²) in [6.07, 6.45) is 0. The first-order valence-corrected chi connectivity index (χ1v) is 6.28. The second kappa shape index (κ2) is 4.63. The van der Waals surface area contributed by atoms with Gasteiger partial charge in [-0.05, 0) is 38.0 Å². The van der Waals surface area contributed by atoms with Crippen LogP contribution in [0.25, 0.3) is 11.1 Å². The van der Waals surface area contributed by atoms with Gasteiger partial charge in [0.15, 0.2) is 0 Å². The lowest BCUT2D eigenvalue weighted by molar-refractivity contribution is 0.386. The van der Waals surface area contributed by atoms with E-state index in [4.69, 9.17) is 4.42 Å². The van der Waals surface area contributed by atoms with Crippen LogP contribution in [0.2, 0.25) is 0 Å². The van der Waals surface area contributed by atoms with Crippen LogP contribution in [-0.4, -0.2) is 14.8 Å². The molecule has 0 aliphatic heterocycles. The van der Waals surface area contributed by atoms with Crippen molar-refractivity contribution in [1.82, 2.24) is 4.57 Å². The summed E-state index contributed by atoms with van der Waals surface area (Å²) in [4.78, 5) is 0. The van der Waals surface area contributed by atoms with Crippen molar-refractivity contribution in [3.8, 4) is 11.8 Å². The summed E-state index contributed by atoms with van der Waals surface area (Å²) in [5.74, 6) is 1.44. The Morgan fingerprint density at radius 3 is 2.15 bits per heavy atom. The standard InChI is InChI=1S/C16H19NO3/c1-8(2)13-14(16(19)17(6)15(13)18)10(4)12-7-9(3)20-11(12)5/h7,18-19H,1,4H2,2-3,5-6H3. The van der Waals surface area contributed by atoms with Crippen molar-refractivity contribution >= 4 is 11.1 Å². The number of hydrogen-bond donors (Lipinski definition) is 2. The molecule has 2 rings (SSSR count). The molecule has 0 fully saturated rings. The molecule has 106 valence electrons. The highest BCUT2D eigenvalue weighted by atomic mass is 16.3. The Morgan fingerprint density at radius 1 is 1.15 bits per heavy atom. The zero-order chi connectivity index (χ0) is 15.2. The van der Waals surface area contributed by atoms with Gasteiger partial charge in [0, 0.05) is 12.6 Å². The van der Waals surface area contributed by atoms with E-state index in [9.17, 15) is 10.2 Å². The third kappa shape index (κ3) is 1.93.